The fraction of sp³-hybridized carbons (Fsp3) is 0.231. The van der Waals surface area contributed by atoms with E-state index in [0.717, 1.165) is 16.5 Å². The third-order valence-corrected chi connectivity index (χ3v) is 3.01. The molecule has 1 aromatic carbocycles. The van der Waals surface area contributed by atoms with Crippen molar-refractivity contribution in [3.8, 4) is 0 Å². The summed E-state index contributed by atoms with van der Waals surface area (Å²) in [7, 11) is 1.74. The highest BCUT2D eigenvalue weighted by Crippen LogP contribution is 2.19. The van der Waals surface area contributed by atoms with Crippen LogP contribution in [0, 0.1) is 0 Å². The number of rotatable bonds is 3. The third kappa shape index (κ3) is 2.43. The van der Waals surface area contributed by atoms with Gasteiger partial charge in [-0.2, -0.15) is 4.80 Å². The number of tetrazole rings is 1. The van der Waals surface area contributed by atoms with Gasteiger partial charge in [-0.1, -0.05) is 12.1 Å². The molecule has 6 heteroatoms. The Morgan fingerprint density at radius 2 is 2.21 bits per heavy atom. The maximum absolute atomic E-state index is 6.19. The molecule has 1 unspecified atom stereocenters. The van der Waals surface area contributed by atoms with Crippen LogP contribution in [0.25, 0.3) is 10.9 Å². The zero-order chi connectivity index (χ0) is 13.2. The van der Waals surface area contributed by atoms with Crippen molar-refractivity contribution < 1.29 is 0 Å². The number of aryl methyl sites for hydroxylation is 1. The SMILES string of the molecule is Cn1nnc(CC(N)c2ccc3ncccc3c2)n1. The quantitative estimate of drug-likeness (QED) is 0.754. The monoisotopic (exact) mass is 254 g/mol. The lowest BCUT2D eigenvalue weighted by Crippen LogP contribution is -2.14. The van der Waals surface area contributed by atoms with E-state index in [1.807, 2.05) is 24.3 Å². The number of benzene rings is 1. The maximum atomic E-state index is 6.19. The molecule has 3 rings (SSSR count). The van der Waals surface area contributed by atoms with Crippen LogP contribution in [0.3, 0.4) is 0 Å². The van der Waals surface area contributed by atoms with Gasteiger partial charge in [-0.05, 0) is 29.0 Å². The second-order valence-corrected chi connectivity index (χ2v) is 4.46. The van der Waals surface area contributed by atoms with Crippen LogP contribution in [0.4, 0.5) is 0 Å². The van der Waals surface area contributed by atoms with Gasteiger partial charge in [0.25, 0.3) is 0 Å². The molecular weight excluding hydrogens is 240 g/mol. The topological polar surface area (TPSA) is 82.5 Å². The molecule has 0 spiro atoms. The van der Waals surface area contributed by atoms with E-state index in [4.69, 9.17) is 5.73 Å². The number of nitrogens with zero attached hydrogens (tertiary/aromatic N) is 5. The van der Waals surface area contributed by atoms with E-state index in [2.05, 4.69) is 26.5 Å². The largest absolute Gasteiger partial charge is 0.324 e. The minimum Gasteiger partial charge on any atom is -0.324 e. The van der Waals surface area contributed by atoms with Gasteiger partial charge in [0, 0.05) is 24.0 Å². The van der Waals surface area contributed by atoms with Crippen molar-refractivity contribution in [2.45, 2.75) is 12.5 Å². The van der Waals surface area contributed by atoms with Gasteiger partial charge in [0.05, 0.1) is 12.6 Å². The number of hydrogen-bond donors (Lipinski definition) is 1. The van der Waals surface area contributed by atoms with Crippen molar-refractivity contribution in [3.63, 3.8) is 0 Å². The van der Waals surface area contributed by atoms with Crippen molar-refractivity contribution in [2.75, 3.05) is 0 Å². The van der Waals surface area contributed by atoms with E-state index in [-0.39, 0.29) is 6.04 Å². The average Bonchev–Trinajstić information content (AvgIpc) is 2.83. The molecule has 0 fully saturated rings. The first-order valence-corrected chi connectivity index (χ1v) is 6.05. The summed E-state index contributed by atoms with van der Waals surface area (Å²) >= 11 is 0. The summed E-state index contributed by atoms with van der Waals surface area (Å²) in [4.78, 5) is 5.73. The Morgan fingerprint density at radius 3 is 3.00 bits per heavy atom. The molecule has 0 saturated heterocycles. The predicted molar refractivity (Wildman–Crippen MR) is 71.2 cm³/mol. The Bertz CT molecular complexity index is 705. The fourth-order valence-electron chi connectivity index (χ4n) is 2.04. The lowest BCUT2D eigenvalue weighted by molar-refractivity contribution is 0.622. The minimum atomic E-state index is -0.145. The molecule has 19 heavy (non-hydrogen) atoms. The van der Waals surface area contributed by atoms with Crippen LogP contribution in [-0.2, 0) is 13.5 Å². The van der Waals surface area contributed by atoms with Crippen LogP contribution in [0.2, 0.25) is 0 Å². The van der Waals surface area contributed by atoms with E-state index in [0.29, 0.717) is 12.2 Å². The van der Waals surface area contributed by atoms with Crippen LogP contribution in [0.1, 0.15) is 17.4 Å². The van der Waals surface area contributed by atoms with E-state index in [1.54, 1.807) is 13.2 Å². The molecule has 0 amide bonds. The molecule has 0 aliphatic heterocycles. The van der Waals surface area contributed by atoms with Gasteiger partial charge in [0.1, 0.15) is 0 Å². The molecule has 6 nitrogen and oxygen atoms in total. The summed E-state index contributed by atoms with van der Waals surface area (Å²) in [6.07, 6.45) is 2.35. The summed E-state index contributed by atoms with van der Waals surface area (Å²) in [5.41, 5.74) is 8.21. The molecule has 2 N–H and O–H groups in total. The molecule has 0 aliphatic rings. The van der Waals surface area contributed by atoms with Crippen molar-refractivity contribution >= 4 is 10.9 Å². The summed E-state index contributed by atoms with van der Waals surface area (Å²) < 4.78 is 0. The van der Waals surface area contributed by atoms with Gasteiger partial charge in [0.15, 0.2) is 5.82 Å². The van der Waals surface area contributed by atoms with E-state index in [1.165, 1.54) is 4.80 Å². The molecule has 2 heterocycles. The van der Waals surface area contributed by atoms with Crippen LogP contribution < -0.4 is 5.73 Å². The Balaban J connectivity index is 1.86. The number of hydrogen-bond acceptors (Lipinski definition) is 5. The standard InChI is InChI=1S/C13H14N6/c1-19-17-13(16-18-19)8-11(14)9-4-5-12-10(7-9)3-2-6-15-12/h2-7,11H,8,14H2,1H3. The molecule has 3 aromatic rings. The highest BCUT2D eigenvalue weighted by atomic mass is 15.6. The number of pyridine rings is 1. The predicted octanol–water partition coefficient (Wildman–Crippen LogP) is 1.00. The highest BCUT2D eigenvalue weighted by Gasteiger charge is 2.11. The van der Waals surface area contributed by atoms with Crippen LogP contribution in [-0.4, -0.2) is 25.2 Å². The first-order valence-electron chi connectivity index (χ1n) is 6.05. The zero-order valence-corrected chi connectivity index (χ0v) is 10.6. The van der Waals surface area contributed by atoms with E-state index >= 15 is 0 Å². The van der Waals surface area contributed by atoms with Gasteiger partial charge in [-0.15, -0.1) is 10.2 Å². The van der Waals surface area contributed by atoms with Gasteiger partial charge in [-0.3, -0.25) is 4.98 Å². The smallest absolute Gasteiger partial charge is 0.176 e. The third-order valence-electron chi connectivity index (χ3n) is 3.01. The van der Waals surface area contributed by atoms with Crippen LogP contribution in [0.15, 0.2) is 36.5 Å². The van der Waals surface area contributed by atoms with Gasteiger partial charge in [0.2, 0.25) is 0 Å². The number of fused-ring (bicyclic) bond motifs is 1. The lowest BCUT2D eigenvalue weighted by Gasteiger charge is -2.10. The lowest BCUT2D eigenvalue weighted by atomic mass is 10.0. The molecular formula is C13H14N6. The van der Waals surface area contributed by atoms with Crippen molar-refractivity contribution in [3.05, 3.63) is 47.9 Å². The van der Waals surface area contributed by atoms with Crippen molar-refractivity contribution in [2.24, 2.45) is 12.8 Å². The minimum absolute atomic E-state index is 0.145. The molecule has 1 atom stereocenters. The second kappa shape index (κ2) is 4.74. The Kier molecular flexibility index (Phi) is 2.92. The highest BCUT2D eigenvalue weighted by molar-refractivity contribution is 5.79. The molecule has 2 aromatic heterocycles. The summed E-state index contributed by atoms with van der Waals surface area (Å²) in [5, 5.41) is 13.0. The molecule has 0 radical (unpaired) electrons. The first kappa shape index (κ1) is 11.7. The van der Waals surface area contributed by atoms with Gasteiger partial charge >= 0.3 is 0 Å². The van der Waals surface area contributed by atoms with Gasteiger partial charge in [-0.25, -0.2) is 0 Å². The Hall–Kier alpha value is -2.34. The molecule has 96 valence electrons. The Morgan fingerprint density at radius 1 is 1.32 bits per heavy atom. The summed E-state index contributed by atoms with van der Waals surface area (Å²) in [6.45, 7) is 0. The number of aromatic nitrogens is 5. The van der Waals surface area contributed by atoms with Crippen molar-refractivity contribution in [1.29, 1.82) is 0 Å². The van der Waals surface area contributed by atoms with Gasteiger partial charge < -0.3 is 5.73 Å². The fourth-order valence-corrected chi connectivity index (χ4v) is 2.04. The molecule has 0 saturated carbocycles. The van der Waals surface area contributed by atoms with Crippen LogP contribution in [0.5, 0.6) is 0 Å². The normalized spacial score (nSPS) is 12.7. The van der Waals surface area contributed by atoms with Crippen LogP contribution >= 0.6 is 0 Å². The average molecular weight is 254 g/mol. The second-order valence-electron chi connectivity index (χ2n) is 4.46. The van der Waals surface area contributed by atoms with Crippen molar-refractivity contribution in [1.82, 2.24) is 25.2 Å². The zero-order valence-electron chi connectivity index (χ0n) is 10.6. The maximum Gasteiger partial charge on any atom is 0.176 e. The number of nitrogens with two attached hydrogens (primary N) is 1. The Labute approximate surface area is 110 Å². The summed E-state index contributed by atoms with van der Waals surface area (Å²) in [6, 6.07) is 9.84. The van der Waals surface area contributed by atoms with E-state index < -0.39 is 0 Å². The molecule has 0 aliphatic carbocycles. The summed E-state index contributed by atoms with van der Waals surface area (Å²) in [5.74, 6) is 0.654. The first-order chi connectivity index (χ1) is 9.22. The molecule has 0 bridgehead atoms. The van der Waals surface area contributed by atoms with E-state index in [9.17, 15) is 0 Å².